The van der Waals surface area contributed by atoms with Crippen LogP contribution in [0.1, 0.15) is 64.4 Å². The molecule has 8 heteroatoms. The number of nitrogens with zero attached hydrogens (tertiary/aromatic N) is 3. The zero-order valence-corrected chi connectivity index (χ0v) is 21.0. The van der Waals surface area contributed by atoms with Gasteiger partial charge in [0.1, 0.15) is 5.82 Å². The van der Waals surface area contributed by atoms with Gasteiger partial charge in [-0.2, -0.15) is 0 Å². The van der Waals surface area contributed by atoms with Crippen molar-refractivity contribution in [3.63, 3.8) is 0 Å². The topological polar surface area (TPSA) is 65.1 Å². The van der Waals surface area contributed by atoms with Gasteiger partial charge in [-0.1, -0.05) is 12.8 Å². The summed E-state index contributed by atoms with van der Waals surface area (Å²) in [5.74, 6) is -0.245. The molecule has 1 saturated heterocycles. The van der Waals surface area contributed by atoms with Crippen molar-refractivity contribution in [2.24, 2.45) is 0 Å². The molecule has 34 heavy (non-hydrogen) atoms. The molecule has 3 amide bonds. The molecule has 4 rings (SSSR count). The summed E-state index contributed by atoms with van der Waals surface area (Å²) in [5, 5.41) is 3.08. The fourth-order valence-corrected chi connectivity index (χ4v) is 6.01. The van der Waals surface area contributed by atoms with E-state index in [4.69, 9.17) is 4.74 Å². The van der Waals surface area contributed by atoms with Gasteiger partial charge in [0, 0.05) is 43.8 Å². The van der Waals surface area contributed by atoms with Crippen LogP contribution in [0.25, 0.3) is 0 Å². The summed E-state index contributed by atoms with van der Waals surface area (Å²) in [4.78, 5) is 31.0. The van der Waals surface area contributed by atoms with Gasteiger partial charge in [0.15, 0.2) is 0 Å². The highest BCUT2D eigenvalue weighted by Crippen LogP contribution is 2.48. The molecule has 2 heterocycles. The van der Waals surface area contributed by atoms with E-state index in [0.717, 1.165) is 69.3 Å². The molecule has 1 spiro atoms. The largest absolute Gasteiger partial charge is 0.447 e. The van der Waals surface area contributed by atoms with Crippen LogP contribution in [0.4, 0.5) is 19.7 Å². The van der Waals surface area contributed by atoms with Crippen LogP contribution in [0.2, 0.25) is 0 Å². The Morgan fingerprint density at radius 1 is 1.18 bits per heavy atom. The Labute approximate surface area is 202 Å². The summed E-state index contributed by atoms with van der Waals surface area (Å²) in [6.45, 7) is 6.15. The summed E-state index contributed by atoms with van der Waals surface area (Å²) >= 11 is 0. The number of halogens is 1. The second kappa shape index (κ2) is 10.1. The van der Waals surface area contributed by atoms with Crippen molar-refractivity contribution >= 4 is 17.8 Å². The summed E-state index contributed by atoms with van der Waals surface area (Å²) in [5.41, 5.74) is 1.61. The number of likely N-dealkylation sites (tertiary alicyclic amines) is 1. The minimum atomic E-state index is -0.325. The Balaban J connectivity index is 1.44. The summed E-state index contributed by atoms with van der Waals surface area (Å²) in [6.07, 6.45) is 6.63. The van der Waals surface area contributed by atoms with E-state index >= 15 is 0 Å². The number of carbonyl (C=O) groups excluding carboxylic acids is 2. The maximum absolute atomic E-state index is 14.3. The number of amides is 3. The van der Waals surface area contributed by atoms with E-state index in [0.29, 0.717) is 12.6 Å². The van der Waals surface area contributed by atoms with Crippen molar-refractivity contribution < 1.29 is 18.7 Å². The van der Waals surface area contributed by atoms with Crippen LogP contribution >= 0.6 is 0 Å². The first-order valence-electron chi connectivity index (χ1n) is 12.7. The summed E-state index contributed by atoms with van der Waals surface area (Å²) in [7, 11) is 3.51. The van der Waals surface area contributed by atoms with E-state index in [1.54, 1.807) is 31.1 Å². The number of anilines is 1. The van der Waals surface area contributed by atoms with Crippen LogP contribution in [-0.2, 0) is 10.2 Å². The molecule has 2 atom stereocenters. The number of rotatable bonds is 3. The van der Waals surface area contributed by atoms with Crippen LogP contribution in [0, 0.1) is 5.82 Å². The monoisotopic (exact) mass is 474 g/mol. The molecule has 2 aliphatic heterocycles. The second-order valence-corrected chi connectivity index (χ2v) is 10.7. The molecule has 1 aliphatic carbocycles. The lowest BCUT2D eigenvalue weighted by Crippen LogP contribution is -2.51. The fourth-order valence-electron chi connectivity index (χ4n) is 6.01. The number of nitrogens with one attached hydrogen (secondary N) is 1. The number of benzene rings is 1. The number of ether oxygens (including phenoxy) is 1. The molecule has 2 fully saturated rings. The summed E-state index contributed by atoms with van der Waals surface area (Å²) in [6, 6.07) is 5.33. The predicted octanol–water partition coefficient (Wildman–Crippen LogP) is 4.50. The van der Waals surface area contributed by atoms with E-state index in [1.807, 2.05) is 18.7 Å². The van der Waals surface area contributed by atoms with Crippen LogP contribution < -0.4 is 10.2 Å². The van der Waals surface area contributed by atoms with Gasteiger partial charge in [-0.25, -0.2) is 14.0 Å². The first-order chi connectivity index (χ1) is 16.2. The van der Waals surface area contributed by atoms with E-state index < -0.39 is 0 Å². The third kappa shape index (κ3) is 5.16. The lowest BCUT2D eigenvalue weighted by atomic mass is 9.74. The number of fused-ring (bicyclic) bond motifs is 2. The van der Waals surface area contributed by atoms with Crippen LogP contribution in [0.5, 0.6) is 0 Å². The SMILES string of the molecule is CC(C)OC(=O)NC1CCCCC(N2CCC3(CC2)CN(C(=O)N(C)C)c2ccc(F)cc23)C1. The zero-order valence-electron chi connectivity index (χ0n) is 21.0. The molecule has 0 aromatic heterocycles. The van der Waals surface area contributed by atoms with Crippen molar-refractivity contribution in [2.45, 2.75) is 82.4 Å². The Morgan fingerprint density at radius 2 is 1.88 bits per heavy atom. The minimum absolute atomic E-state index is 0.0573. The van der Waals surface area contributed by atoms with E-state index in [9.17, 15) is 14.0 Å². The van der Waals surface area contributed by atoms with Gasteiger partial charge < -0.3 is 19.9 Å². The normalized spacial score (nSPS) is 24.6. The Bertz CT molecular complexity index is 898. The smallest absolute Gasteiger partial charge is 0.407 e. The minimum Gasteiger partial charge on any atom is -0.447 e. The standard InChI is InChI=1S/C26H39FN4O3/c1-18(2)34-24(32)28-20-7-5-6-8-21(16-20)30-13-11-26(12-14-30)17-31(25(33)29(3)4)23-10-9-19(27)15-22(23)26/h9-10,15,18,20-21H,5-8,11-14,16-17H2,1-4H3,(H,28,32). The van der Waals surface area contributed by atoms with Crippen molar-refractivity contribution in [1.82, 2.24) is 15.1 Å². The maximum Gasteiger partial charge on any atom is 0.407 e. The lowest BCUT2D eigenvalue weighted by molar-refractivity contribution is 0.0963. The van der Waals surface area contributed by atoms with E-state index in [-0.39, 0.29) is 35.5 Å². The van der Waals surface area contributed by atoms with Gasteiger partial charge in [-0.05, 0) is 82.8 Å². The first-order valence-corrected chi connectivity index (χ1v) is 12.7. The molecular formula is C26H39FN4O3. The third-order valence-corrected chi connectivity index (χ3v) is 7.73. The van der Waals surface area contributed by atoms with E-state index in [1.165, 1.54) is 6.07 Å². The Kier molecular flexibility index (Phi) is 7.36. The third-order valence-electron chi connectivity index (χ3n) is 7.73. The fraction of sp³-hybridized carbons (Fsp3) is 0.692. The molecule has 0 radical (unpaired) electrons. The quantitative estimate of drug-likeness (QED) is 0.656. The maximum atomic E-state index is 14.3. The van der Waals surface area contributed by atoms with Crippen molar-refractivity contribution in [2.75, 3.05) is 38.6 Å². The summed E-state index contributed by atoms with van der Waals surface area (Å²) < 4.78 is 19.6. The van der Waals surface area contributed by atoms with Crippen molar-refractivity contribution in [3.05, 3.63) is 29.6 Å². The molecule has 1 aromatic carbocycles. The van der Waals surface area contributed by atoms with Gasteiger partial charge in [-0.15, -0.1) is 0 Å². The molecule has 2 unspecified atom stereocenters. The van der Waals surface area contributed by atoms with E-state index in [2.05, 4.69) is 10.2 Å². The second-order valence-electron chi connectivity index (χ2n) is 10.7. The highest BCUT2D eigenvalue weighted by atomic mass is 19.1. The Hall–Kier alpha value is -2.35. The van der Waals surface area contributed by atoms with Crippen molar-refractivity contribution in [3.8, 4) is 0 Å². The molecule has 0 bridgehead atoms. The molecule has 188 valence electrons. The molecular weight excluding hydrogens is 435 g/mol. The number of hydrogen-bond acceptors (Lipinski definition) is 4. The Morgan fingerprint density at radius 3 is 2.56 bits per heavy atom. The molecule has 1 saturated carbocycles. The molecule has 1 N–H and O–H groups in total. The van der Waals surface area contributed by atoms with Gasteiger partial charge in [0.25, 0.3) is 0 Å². The number of piperidine rings is 1. The number of urea groups is 1. The molecule has 3 aliphatic rings. The molecule has 1 aromatic rings. The average molecular weight is 475 g/mol. The number of carbonyl (C=O) groups is 2. The highest BCUT2D eigenvalue weighted by Gasteiger charge is 2.47. The zero-order chi connectivity index (χ0) is 24.5. The van der Waals surface area contributed by atoms with Gasteiger partial charge in [0.2, 0.25) is 0 Å². The molecule has 7 nitrogen and oxygen atoms in total. The van der Waals surface area contributed by atoms with Crippen LogP contribution in [0.15, 0.2) is 18.2 Å². The van der Waals surface area contributed by atoms with Gasteiger partial charge in [-0.3, -0.25) is 4.90 Å². The highest BCUT2D eigenvalue weighted by molar-refractivity contribution is 5.95. The van der Waals surface area contributed by atoms with Gasteiger partial charge >= 0.3 is 12.1 Å². The lowest BCUT2D eigenvalue weighted by Gasteiger charge is -2.43. The van der Waals surface area contributed by atoms with Crippen LogP contribution in [-0.4, -0.2) is 73.8 Å². The van der Waals surface area contributed by atoms with Crippen molar-refractivity contribution in [1.29, 1.82) is 0 Å². The number of alkyl carbamates (subject to hydrolysis) is 1. The van der Waals surface area contributed by atoms with Gasteiger partial charge in [0.05, 0.1) is 6.10 Å². The predicted molar refractivity (Wildman–Crippen MR) is 131 cm³/mol. The first kappa shape index (κ1) is 24.8. The van der Waals surface area contributed by atoms with Crippen LogP contribution in [0.3, 0.4) is 0 Å². The average Bonchev–Trinajstić information content (AvgIpc) is 2.92. The number of hydrogen-bond donors (Lipinski definition) is 1.